The quantitative estimate of drug-likeness (QED) is 0.779. The molecule has 1 saturated carbocycles. The van der Waals surface area contributed by atoms with Crippen LogP contribution in [-0.2, 0) is 4.79 Å². The van der Waals surface area contributed by atoms with Gasteiger partial charge in [0, 0.05) is 16.2 Å². The minimum absolute atomic E-state index is 0.157. The van der Waals surface area contributed by atoms with Crippen LogP contribution in [0.15, 0.2) is 11.4 Å². The first-order valence-corrected chi connectivity index (χ1v) is 4.81. The number of carboxylic acid groups (broad SMARTS) is 1. The zero-order valence-corrected chi connectivity index (χ0v) is 7.54. The number of nitrogens with zero attached hydrogens (tertiary/aromatic N) is 1. The number of hydrogen-bond donors (Lipinski definition) is 1. The number of nitriles is 1. The van der Waals surface area contributed by atoms with E-state index in [1.54, 1.807) is 11.4 Å². The van der Waals surface area contributed by atoms with Crippen LogP contribution in [0.2, 0.25) is 0 Å². The van der Waals surface area contributed by atoms with Crippen molar-refractivity contribution in [1.29, 1.82) is 5.26 Å². The molecule has 1 fully saturated rings. The van der Waals surface area contributed by atoms with Crippen LogP contribution in [0.4, 0.5) is 0 Å². The number of rotatable bonds is 2. The van der Waals surface area contributed by atoms with Gasteiger partial charge in [0.2, 0.25) is 0 Å². The second kappa shape index (κ2) is 2.86. The van der Waals surface area contributed by atoms with Gasteiger partial charge in [-0.1, -0.05) is 0 Å². The van der Waals surface area contributed by atoms with Crippen LogP contribution in [0.3, 0.4) is 0 Å². The molecule has 2 atom stereocenters. The van der Waals surface area contributed by atoms with Gasteiger partial charge in [-0.3, -0.25) is 4.79 Å². The first kappa shape index (κ1) is 8.27. The Morgan fingerprint density at radius 3 is 3.00 bits per heavy atom. The summed E-state index contributed by atoms with van der Waals surface area (Å²) in [4.78, 5) is 11.6. The smallest absolute Gasteiger partial charge is 0.307 e. The largest absolute Gasteiger partial charge is 0.481 e. The van der Waals surface area contributed by atoms with Crippen molar-refractivity contribution < 1.29 is 9.90 Å². The molecule has 66 valence electrons. The highest BCUT2D eigenvalue weighted by Crippen LogP contribution is 2.49. The van der Waals surface area contributed by atoms with Crippen molar-refractivity contribution in [2.45, 2.75) is 12.3 Å². The molecule has 1 heterocycles. The second-order valence-corrected chi connectivity index (χ2v) is 4.08. The first-order valence-electron chi connectivity index (χ1n) is 3.93. The van der Waals surface area contributed by atoms with E-state index in [-0.39, 0.29) is 11.8 Å². The van der Waals surface area contributed by atoms with Gasteiger partial charge in [0.1, 0.15) is 6.07 Å². The normalized spacial score (nSPS) is 25.2. The molecule has 1 aliphatic rings. The molecule has 0 bridgehead atoms. The minimum atomic E-state index is -0.725. The summed E-state index contributed by atoms with van der Waals surface area (Å²) in [6.07, 6.45) is 0.723. The van der Waals surface area contributed by atoms with E-state index in [0.29, 0.717) is 5.56 Å². The van der Waals surface area contributed by atoms with Gasteiger partial charge in [0.25, 0.3) is 0 Å². The predicted molar refractivity (Wildman–Crippen MR) is 47.5 cm³/mol. The van der Waals surface area contributed by atoms with Crippen molar-refractivity contribution in [3.8, 4) is 6.07 Å². The van der Waals surface area contributed by atoms with Gasteiger partial charge in [-0.25, -0.2) is 0 Å². The summed E-state index contributed by atoms with van der Waals surface area (Å²) >= 11 is 1.48. The van der Waals surface area contributed by atoms with Gasteiger partial charge in [0.15, 0.2) is 0 Å². The Bertz CT molecular complexity index is 391. The van der Waals surface area contributed by atoms with E-state index in [2.05, 4.69) is 0 Å². The van der Waals surface area contributed by atoms with Gasteiger partial charge in [-0.2, -0.15) is 5.26 Å². The zero-order valence-electron chi connectivity index (χ0n) is 6.73. The van der Waals surface area contributed by atoms with Crippen LogP contribution in [0, 0.1) is 17.2 Å². The lowest BCUT2D eigenvalue weighted by molar-refractivity contribution is -0.138. The molecule has 13 heavy (non-hydrogen) atoms. The molecule has 4 heteroatoms. The lowest BCUT2D eigenvalue weighted by Gasteiger charge is -1.89. The molecule has 0 unspecified atom stereocenters. The highest BCUT2D eigenvalue weighted by Gasteiger charge is 2.44. The predicted octanol–water partition coefficient (Wildman–Crippen LogP) is 1.81. The fraction of sp³-hybridized carbons (Fsp3) is 0.333. The van der Waals surface area contributed by atoms with Crippen LogP contribution < -0.4 is 0 Å². The fourth-order valence-corrected chi connectivity index (χ4v) is 2.40. The van der Waals surface area contributed by atoms with E-state index >= 15 is 0 Å². The molecule has 1 aliphatic carbocycles. The van der Waals surface area contributed by atoms with Crippen LogP contribution in [0.5, 0.6) is 0 Å². The summed E-state index contributed by atoms with van der Waals surface area (Å²) in [5.74, 6) is -0.785. The first-order chi connectivity index (χ1) is 6.22. The Kier molecular flexibility index (Phi) is 1.82. The molecule has 1 aromatic heterocycles. The average molecular weight is 193 g/mol. The summed E-state index contributed by atoms with van der Waals surface area (Å²) in [5.41, 5.74) is 0.635. The van der Waals surface area contributed by atoms with E-state index in [1.807, 2.05) is 6.07 Å². The maximum absolute atomic E-state index is 10.6. The molecule has 1 N–H and O–H groups in total. The third-order valence-electron chi connectivity index (χ3n) is 2.22. The molecule has 0 amide bonds. The molecule has 3 nitrogen and oxygen atoms in total. The Hall–Kier alpha value is -1.34. The molecular weight excluding hydrogens is 186 g/mol. The van der Waals surface area contributed by atoms with Gasteiger partial charge < -0.3 is 5.11 Å². The topological polar surface area (TPSA) is 61.1 Å². The van der Waals surface area contributed by atoms with E-state index < -0.39 is 5.97 Å². The van der Waals surface area contributed by atoms with Crippen molar-refractivity contribution >= 4 is 17.3 Å². The Labute approximate surface area is 79.2 Å². The van der Waals surface area contributed by atoms with Crippen molar-refractivity contribution in [3.63, 3.8) is 0 Å². The summed E-state index contributed by atoms with van der Waals surface area (Å²) < 4.78 is 0. The minimum Gasteiger partial charge on any atom is -0.481 e. The molecule has 0 radical (unpaired) electrons. The van der Waals surface area contributed by atoms with E-state index in [0.717, 1.165) is 11.3 Å². The number of carboxylic acids is 1. The highest BCUT2D eigenvalue weighted by atomic mass is 32.1. The van der Waals surface area contributed by atoms with Crippen LogP contribution >= 0.6 is 11.3 Å². The van der Waals surface area contributed by atoms with E-state index in [1.165, 1.54) is 11.3 Å². The molecule has 0 spiro atoms. The lowest BCUT2D eigenvalue weighted by Crippen LogP contribution is -1.97. The van der Waals surface area contributed by atoms with Gasteiger partial charge in [0.05, 0.1) is 11.5 Å². The Morgan fingerprint density at radius 2 is 2.54 bits per heavy atom. The zero-order chi connectivity index (χ0) is 9.42. The molecule has 2 rings (SSSR count). The summed E-state index contributed by atoms with van der Waals surface area (Å²) in [5, 5.41) is 19.0. The van der Waals surface area contributed by atoms with Crippen molar-refractivity contribution in [3.05, 3.63) is 21.9 Å². The fourth-order valence-electron chi connectivity index (χ4n) is 1.39. The molecule has 1 aromatic rings. The molecule has 0 aromatic carbocycles. The number of thiophene rings is 1. The Morgan fingerprint density at radius 1 is 1.77 bits per heavy atom. The Balaban J connectivity index is 2.13. The van der Waals surface area contributed by atoms with Crippen LogP contribution in [-0.4, -0.2) is 11.1 Å². The number of carbonyl (C=O) groups is 1. The van der Waals surface area contributed by atoms with E-state index in [4.69, 9.17) is 10.4 Å². The van der Waals surface area contributed by atoms with Crippen molar-refractivity contribution in [1.82, 2.24) is 0 Å². The maximum atomic E-state index is 10.6. The SMILES string of the molecule is N#Cc1csc([C@@H]2C[C@H]2C(=O)O)c1. The molecule has 0 saturated heterocycles. The monoisotopic (exact) mass is 193 g/mol. The molecule has 0 aliphatic heterocycles. The maximum Gasteiger partial charge on any atom is 0.307 e. The highest BCUT2D eigenvalue weighted by molar-refractivity contribution is 7.10. The third-order valence-corrected chi connectivity index (χ3v) is 3.29. The average Bonchev–Trinajstić information content (AvgIpc) is 2.78. The van der Waals surface area contributed by atoms with Crippen LogP contribution in [0.25, 0.3) is 0 Å². The van der Waals surface area contributed by atoms with Gasteiger partial charge in [-0.05, 0) is 12.5 Å². The lowest BCUT2D eigenvalue weighted by atomic mass is 10.2. The number of hydrogen-bond acceptors (Lipinski definition) is 3. The van der Waals surface area contributed by atoms with Crippen molar-refractivity contribution in [2.75, 3.05) is 0 Å². The van der Waals surface area contributed by atoms with Gasteiger partial charge in [-0.15, -0.1) is 11.3 Å². The summed E-state index contributed by atoms with van der Waals surface area (Å²) in [6, 6.07) is 3.83. The summed E-state index contributed by atoms with van der Waals surface area (Å²) in [6.45, 7) is 0. The van der Waals surface area contributed by atoms with E-state index in [9.17, 15) is 4.79 Å². The second-order valence-electron chi connectivity index (χ2n) is 3.14. The van der Waals surface area contributed by atoms with Crippen LogP contribution in [0.1, 0.15) is 22.8 Å². The van der Waals surface area contributed by atoms with Gasteiger partial charge >= 0.3 is 5.97 Å². The third kappa shape index (κ3) is 1.43. The number of aliphatic carboxylic acids is 1. The summed E-state index contributed by atoms with van der Waals surface area (Å²) in [7, 11) is 0. The van der Waals surface area contributed by atoms with Crippen molar-refractivity contribution in [2.24, 2.45) is 5.92 Å². The standard InChI is InChI=1S/C9H7NO2S/c10-3-5-1-8(13-4-5)6-2-7(6)9(11)12/h1,4,6-7H,2H2,(H,11,12)/t6-,7-/m1/s1. The molecular formula is C9H7NO2S.